The fourth-order valence-electron chi connectivity index (χ4n) is 1.12. The van der Waals surface area contributed by atoms with Gasteiger partial charge in [-0.1, -0.05) is 0 Å². The first kappa shape index (κ1) is 8.25. The molecule has 4 nitrogen and oxygen atoms in total. The van der Waals surface area contributed by atoms with Gasteiger partial charge in [0.15, 0.2) is 16.4 Å². The minimum atomic E-state index is 0.587. The normalized spacial score (nSPS) is 10.6. The van der Waals surface area contributed by atoms with Gasteiger partial charge in [-0.3, -0.25) is 5.10 Å². The fourth-order valence-corrected chi connectivity index (χ4v) is 1.25. The van der Waals surface area contributed by atoms with Gasteiger partial charge in [-0.25, -0.2) is 0 Å². The third kappa shape index (κ3) is 1.31. The van der Waals surface area contributed by atoms with Crippen molar-refractivity contribution in [2.45, 2.75) is 6.92 Å². The van der Waals surface area contributed by atoms with E-state index in [1.165, 1.54) is 0 Å². The van der Waals surface area contributed by atoms with Crippen LogP contribution < -0.4 is 0 Å². The van der Waals surface area contributed by atoms with Crippen LogP contribution in [0.3, 0.4) is 0 Å². The van der Waals surface area contributed by atoms with Crippen LogP contribution in [0.15, 0.2) is 16.5 Å². The summed E-state index contributed by atoms with van der Waals surface area (Å²) in [6, 6.07) is 3.77. The molecule has 0 amide bonds. The van der Waals surface area contributed by atoms with Crippen LogP contribution in [0.2, 0.25) is 0 Å². The van der Waals surface area contributed by atoms with Gasteiger partial charge < -0.3 is 8.98 Å². The Morgan fingerprint density at radius 3 is 2.77 bits per heavy atom. The number of hydrogen-bond donors (Lipinski definition) is 1. The van der Waals surface area contributed by atoms with E-state index in [0.717, 1.165) is 17.3 Å². The molecular weight excluding hydrogens is 186 g/mol. The lowest BCUT2D eigenvalue weighted by Crippen LogP contribution is -1.90. The molecule has 5 heteroatoms. The van der Waals surface area contributed by atoms with Crippen LogP contribution in [0, 0.1) is 11.7 Å². The van der Waals surface area contributed by atoms with Gasteiger partial charge in [0.25, 0.3) is 0 Å². The molecule has 0 saturated heterocycles. The predicted molar refractivity (Wildman–Crippen MR) is 50.8 cm³/mol. The molecule has 0 radical (unpaired) electrons. The minimum Gasteiger partial charge on any atom is -0.458 e. The van der Waals surface area contributed by atoms with Crippen molar-refractivity contribution in [3.63, 3.8) is 0 Å². The Hall–Kier alpha value is -1.36. The van der Waals surface area contributed by atoms with Crippen LogP contribution in [0.25, 0.3) is 11.6 Å². The molecule has 0 aromatic carbocycles. The molecule has 2 rings (SSSR count). The number of hydrogen-bond acceptors (Lipinski definition) is 3. The van der Waals surface area contributed by atoms with Crippen molar-refractivity contribution < 1.29 is 4.42 Å². The molecule has 0 bridgehead atoms. The van der Waals surface area contributed by atoms with E-state index in [9.17, 15) is 0 Å². The number of nitrogens with zero attached hydrogens (tertiary/aromatic N) is 2. The molecule has 0 saturated carbocycles. The van der Waals surface area contributed by atoms with Gasteiger partial charge in [-0.15, -0.1) is 0 Å². The molecule has 0 aliphatic rings. The summed E-state index contributed by atoms with van der Waals surface area (Å²) in [7, 11) is 1.85. The lowest BCUT2D eigenvalue weighted by atomic mass is 10.4. The van der Waals surface area contributed by atoms with E-state index < -0.39 is 0 Å². The number of H-pyrrole nitrogens is 1. The zero-order chi connectivity index (χ0) is 9.42. The number of aromatic amines is 1. The Balaban J connectivity index is 2.58. The largest absolute Gasteiger partial charge is 0.458 e. The van der Waals surface area contributed by atoms with Crippen molar-refractivity contribution in [1.29, 1.82) is 0 Å². The second-order valence-electron chi connectivity index (χ2n) is 2.82. The van der Waals surface area contributed by atoms with Crippen LogP contribution in [-0.4, -0.2) is 14.8 Å². The second-order valence-corrected chi connectivity index (χ2v) is 3.21. The highest BCUT2D eigenvalue weighted by Gasteiger charge is 2.08. The van der Waals surface area contributed by atoms with Gasteiger partial charge in [0.05, 0.1) is 0 Å². The summed E-state index contributed by atoms with van der Waals surface area (Å²) in [5.41, 5.74) is 0. The van der Waals surface area contributed by atoms with Crippen molar-refractivity contribution in [2.24, 2.45) is 7.05 Å². The van der Waals surface area contributed by atoms with Crippen molar-refractivity contribution in [3.05, 3.63) is 22.7 Å². The molecule has 0 aliphatic heterocycles. The first-order valence-corrected chi connectivity index (χ1v) is 4.27. The maximum atomic E-state index is 5.41. The Kier molecular flexibility index (Phi) is 1.81. The summed E-state index contributed by atoms with van der Waals surface area (Å²) in [4.78, 5) is 0. The summed E-state index contributed by atoms with van der Waals surface area (Å²) in [5, 5.41) is 6.75. The van der Waals surface area contributed by atoms with E-state index in [2.05, 4.69) is 10.2 Å². The summed E-state index contributed by atoms with van der Waals surface area (Å²) in [5.74, 6) is 2.31. The van der Waals surface area contributed by atoms with Gasteiger partial charge in [-0.2, -0.15) is 5.10 Å². The van der Waals surface area contributed by atoms with Crippen molar-refractivity contribution in [2.75, 3.05) is 0 Å². The van der Waals surface area contributed by atoms with Crippen LogP contribution in [0.5, 0.6) is 0 Å². The summed E-state index contributed by atoms with van der Waals surface area (Å²) in [6.45, 7) is 1.89. The molecule has 1 N–H and O–H groups in total. The van der Waals surface area contributed by atoms with Crippen LogP contribution >= 0.6 is 12.2 Å². The van der Waals surface area contributed by atoms with E-state index in [4.69, 9.17) is 16.6 Å². The molecular formula is C8H9N3OS. The standard InChI is InChI=1S/C8H9N3OS/c1-5-3-4-6(12-5)7-9-10-8(13)11(7)2/h3-4H,1-2H3,(H,10,13). The van der Waals surface area contributed by atoms with Gasteiger partial charge >= 0.3 is 0 Å². The zero-order valence-corrected chi connectivity index (χ0v) is 8.18. The third-order valence-electron chi connectivity index (χ3n) is 1.84. The van der Waals surface area contributed by atoms with E-state index in [0.29, 0.717) is 4.77 Å². The highest BCUT2D eigenvalue weighted by atomic mass is 32.1. The van der Waals surface area contributed by atoms with E-state index in [-0.39, 0.29) is 0 Å². The molecule has 0 spiro atoms. The number of aryl methyl sites for hydroxylation is 1. The smallest absolute Gasteiger partial charge is 0.198 e. The Morgan fingerprint density at radius 2 is 2.31 bits per heavy atom. The van der Waals surface area contributed by atoms with Crippen molar-refractivity contribution in [1.82, 2.24) is 14.8 Å². The Morgan fingerprint density at radius 1 is 1.54 bits per heavy atom. The maximum absolute atomic E-state index is 5.41. The van der Waals surface area contributed by atoms with E-state index in [1.54, 1.807) is 4.57 Å². The highest BCUT2D eigenvalue weighted by molar-refractivity contribution is 7.71. The van der Waals surface area contributed by atoms with Gasteiger partial charge in [-0.05, 0) is 31.3 Å². The molecule has 0 fully saturated rings. The number of rotatable bonds is 1. The van der Waals surface area contributed by atoms with Gasteiger partial charge in [0, 0.05) is 7.05 Å². The molecule has 68 valence electrons. The summed E-state index contributed by atoms with van der Waals surface area (Å²) < 4.78 is 7.77. The lowest BCUT2D eigenvalue weighted by molar-refractivity contribution is 0.541. The first-order chi connectivity index (χ1) is 6.18. The molecule has 2 aromatic heterocycles. The van der Waals surface area contributed by atoms with E-state index in [1.807, 2.05) is 26.1 Å². The average molecular weight is 195 g/mol. The van der Waals surface area contributed by atoms with Crippen LogP contribution in [-0.2, 0) is 7.05 Å². The highest BCUT2D eigenvalue weighted by Crippen LogP contribution is 2.18. The molecule has 0 unspecified atom stereocenters. The molecule has 0 aliphatic carbocycles. The van der Waals surface area contributed by atoms with E-state index >= 15 is 0 Å². The summed E-state index contributed by atoms with van der Waals surface area (Å²) in [6.07, 6.45) is 0. The Bertz CT molecular complexity index is 480. The summed E-state index contributed by atoms with van der Waals surface area (Å²) >= 11 is 4.98. The third-order valence-corrected chi connectivity index (χ3v) is 2.21. The van der Waals surface area contributed by atoms with Gasteiger partial charge in [0.2, 0.25) is 0 Å². The fraction of sp³-hybridized carbons (Fsp3) is 0.250. The SMILES string of the molecule is Cc1ccc(-c2n[nH]c(=S)n2C)o1. The predicted octanol–water partition coefficient (Wildman–Crippen LogP) is 2.05. The average Bonchev–Trinajstić information content (AvgIpc) is 2.62. The second kappa shape index (κ2) is 2.85. The first-order valence-electron chi connectivity index (χ1n) is 3.86. The monoisotopic (exact) mass is 195 g/mol. The molecule has 13 heavy (non-hydrogen) atoms. The quantitative estimate of drug-likeness (QED) is 0.708. The van der Waals surface area contributed by atoms with Crippen molar-refractivity contribution >= 4 is 12.2 Å². The van der Waals surface area contributed by atoms with Gasteiger partial charge in [0.1, 0.15) is 5.76 Å². The zero-order valence-electron chi connectivity index (χ0n) is 7.37. The molecule has 2 heterocycles. The van der Waals surface area contributed by atoms with Crippen molar-refractivity contribution in [3.8, 4) is 11.6 Å². The van der Waals surface area contributed by atoms with Crippen LogP contribution in [0.1, 0.15) is 5.76 Å². The number of nitrogens with one attached hydrogen (secondary N) is 1. The number of furan rings is 1. The topological polar surface area (TPSA) is 46.8 Å². The van der Waals surface area contributed by atoms with Crippen LogP contribution in [0.4, 0.5) is 0 Å². The molecule has 0 atom stereocenters. The lowest BCUT2D eigenvalue weighted by Gasteiger charge is -1.94. The minimum absolute atomic E-state index is 0.587. The maximum Gasteiger partial charge on any atom is 0.198 e. The number of aromatic nitrogens is 3. The molecule has 2 aromatic rings. The Labute approximate surface area is 80.2 Å².